The zero-order valence-electron chi connectivity index (χ0n) is 15.3. The Balaban J connectivity index is 1.68. The number of rotatable bonds is 6. The van der Waals surface area contributed by atoms with Crippen LogP contribution in [-0.2, 0) is 11.3 Å². The molecular formula is C21H23N3OS. The summed E-state index contributed by atoms with van der Waals surface area (Å²) in [6.45, 7) is 4.62. The Morgan fingerprint density at radius 2 is 1.65 bits per heavy atom. The molecule has 0 aliphatic rings. The van der Waals surface area contributed by atoms with Gasteiger partial charge in [-0.3, -0.25) is 4.79 Å². The van der Waals surface area contributed by atoms with Gasteiger partial charge in [0.25, 0.3) is 0 Å². The van der Waals surface area contributed by atoms with E-state index >= 15 is 0 Å². The first-order valence-corrected chi connectivity index (χ1v) is 9.57. The number of nitrogens with zero attached hydrogens (tertiary/aromatic N) is 3. The number of para-hydroxylation sites is 1. The van der Waals surface area contributed by atoms with Crippen molar-refractivity contribution in [2.75, 3.05) is 12.8 Å². The minimum absolute atomic E-state index is 0.116. The highest BCUT2D eigenvalue weighted by Crippen LogP contribution is 2.21. The lowest BCUT2D eigenvalue weighted by atomic mass is 10.2. The minimum Gasteiger partial charge on any atom is -0.341 e. The number of carbonyl (C=O) groups excluding carboxylic acids is 1. The van der Waals surface area contributed by atoms with Gasteiger partial charge in [0.05, 0.1) is 17.1 Å². The molecule has 26 heavy (non-hydrogen) atoms. The summed E-state index contributed by atoms with van der Waals surface area (Å²) < 4.78 is 1.95. The van der Waals surface area contributed by atoms with Crippen molar-refractivity contribution in [1.29, 1.82) is 0 Å². The molecule has 0 spiro atoms. The third kappa shape index (κ3) is 4.17. The number of thioether (sulfide) groups is 1. The zero-order valence-corrected chi connectivity index (χ0v) is 16.2. The molecule has 134 valence electrons. The first kappa shape index (κ1) is 18.3. The third-order valence-electron chi connectivity index (χ3n) is 4.37. The highest BCUT2D eigenvalue weighted by molar-refractivity contribution is 8.00. The van der Waals surface area contributed by atoms with Gasteiger partial charge in [0.15, 0.2) is 0 Å². The molecule has 3 rings (SSSR count). The van der Waals surface area contributed by atoms with Crippen LogP contribution >= 0.6 is 11.8 Å². The maximum absolute atomic E-state index is 12.5. The molecule has 1 amide bonds. The summed E-state index contributed by atoms with van der Waals surface area (Å²) in [5.74, 6) is 0.552. The van der Waals surface area contributed by atoms with E-state index in [4.69, 9.17) is 0 Å². The van der Waals surface area contributed by atoms with Gasteiger partial charge in [-0.15, -0.1) is 11.8 Å². The van der Waals surface area contributed by atoms with Crippen molar-refractivity contribution in [2.45, 2.75) is 25.3 Å². The van der Waals surface area contributed by atoms with E-state index in [2.05, 4.69) is 12.0 Å². The van der Waals surface area contributed by atoms with Gasteiger partial charge in [0.2, 0.25) is 5.91 Å². The van der Waals surface area contributed by atoms with Gasteiger partial charge in [-0.05, 0) is 38.1 Å². The van der Waals surface area contributed by atoms with Gasteiger partial charge in [-0.2, -0.15) is 5.10 Å². The predicted molar refractivity (Wildman–Crippen MR) is 107 cm³/mol. The average Bonchev–Trinajstić information content (AvgIpc) is 2.95. The van der Waals surface area contributed by atoms with Crippen molar-refractivity contribution in [1.82, 2.24) is 14.7 Å². The lowest BCUT2D eigenvalue weighted by Crippen LogP contribution is -2.28. The van der Waals surface area contributed by atoms with E-state index in [1.807, 2.05) is 79.3 Å². The molecule has 0 fully saturated rings. The van der Waals surface area contributed by atoms with Crippen LogP contribution in [0.2, 0.25) is 0 Å². The minimum atomic E-state index is 0.116. The lowest BCUT2D eigenvalue weighted by Gasteiger charge is -2.17. The van der Waals surface area contributed by atoms with E-state index in [1.54, 1.807) is 16.7 Å². The predicted octanol–water partition coefficient (Wildman–Crippen LogP) is 4.24. The van der Waals surface area contributed by atoms with Crippen LogP contribution < -0.4 is 0 Å². The number of aryl methyl sites for hydroxylation is 1. The SMILES string of the molecule is Cc1nn(-c2ccccc2)c(C)c1CN(C)C(=O)CSc1ccccc1. The third-order valence-corrected chi connectivity index (χ3v) is 5.37. The molecule has 1 aromatic heterocycles. The lowest BCUT2D eigenvalue weighted by molar-refractivity contribution is -0.127. The summed E-state index contributed by atoms with van der Waals surface area (Å²) in [6.07, 6.45) is 0. The summed E-state index contributed by atoms with van der Waals surface area (Å²) in [6, 6.07) is 20.1. The summed E-state index contributed by atoms with van der Waals surface area (Å²) >= 11 is 1.57. The standard InChI is InChI=1S/C21H23N3OS/c1-16-20(17(2)24(22-16)18-10-6-4-7-11-18)14-23(3)21(25)15-26-19-12-8-5-9-13-19/h4-13H,14-15H2,1-3H3. The van der Waals surface area contributed by atoms with Crippen molar-refractivity contribution in [2.24, 2.45) is 0 Å². The van der Waals surface area contributed by atoms with Gasteiger partial charge >= 0.3 is 0 Å². The average molecular weight is 366 g/mol. The Labute approximate surface area is 158 Å². The smallest absolute Gasteiger partial charge is 0.232 e. The molecule has 0 unspecified atom stereocenters. The molecule has 1 heterocycles. The van der Waals surface area contributed by atoms with Gasteiger partial charge in [0, 0.05) is 29.7 Å². The van der Waals surface area contributed by atoms with Gasteiger partial charge < -0.3 is 4.90 Å². The number of benzene rings is 2. The first-order chi connectivity index (χ1) is 12.6. The van der Waals surface area contributed by atoms with Crippen LogP contribution in [0.3, 0.4) is 0 Å². The molecule has 0 N–H and O–H groups in total. The first-order valence-electron chi connectivity index (χ1n) is 8.58. The molecule has 0 radical (unpaired) electrons. The fraction of sp³-hybridized carbons (Fsp3) is 0.238. The quantitative estimate of drug-likeness (QED) is 0.613. The highest BCUT2D eigenvalue weighted by Gasteiger charge is 2.17. The van der Waals surface area contributed by atoms with Crippen molar-refractivity contribution in [3.63, 3.8) is 0 Å². The van der Waals surface area contributed by atoms with Crippen LogP contribution in [0.15, 0.2) is 65.6 Å². The second kappa shape index (κ2) is 8.23. The molecule has 0 bridgehead atoms. The fourth-order valence-corrected chi connectivity index (χ4v) is 3.68. The molecule has 0 aliphatic heterocycles. The number of aromatic nitrogens is 2. The van der Waals surface area contributed by atoms with Crippen LogP contribution in [0, 0.1) is 13.8 Å². The fourth-order valence-electron chi connectivity index (χ4n) is 2.82. The van der Waals surface area contributed by atoms with E-state index in [0.717, 1.165) is 27.5 Å². The molecule has 3 aromatic rings. The Bertz CT molecular complexity index is 875. The molecule has 0 aliphatic carbocycles. The van der Waals surface area contributed by atoms with Crippen molar-refractivity contribution >= 4 is 17.7 Å². The monoisotopic (exact) mass is 365 g/mol. The summed E-state index contributed by atoms with van der Waals surface area (Å²) in [5.41, 5.74) is 4.17. The van der Waals surface area contributed by atoms with Crippen molar-refractivity contribution < 1.29 is 4.79 Å². The van der Waals surface area contributed by atoms with Gasteiger partial charge in [-0.25, -0.2) is 4.68 Å². The number of hydrogen-bond donors (Lipinski definition) is 0. The molecule has 5 heteroatoms. The number of hydrogen-bond acceptors (Lipinski definition) is 3. The second-order valence-corrected chi connectivity index (χ2v) is 7.30. The number of amides is 1. The Hall–Kier alpha value is -2.53. The maximum atomic E-state index is 12.5. The molecule has 2 aromatic carbocycles. The van der Waals surface area contributed by atoms with Crippen LogP contribution in [-0.4, -0.2) is 33.4 Å². The van der Waals surface area contributed by atoms with E-state index in [0.29, 0.717) is 12.3 Å². The Morgan fingerprint density at radius 3 is 2.31 bits per heavy atom. The van der Waals surface area contributed by atoms with E-state index < -0.39 is 0 Å². The van der Waals surface area contributed by atoms with Crippen molar-refractivity contribution in [3.8, 4) is 5.69 Å². The topological polar surface area (TPSA) is 38.1 Å². The van der Waals surface area contributed by atoms with Gasteiger partial charge in [0.1, 0.15) is 0 Å². The Kier molecular flexibility index (Phi) is 5.78. The highest BCUT2D eigenvalue weighted by atomic mass is 32.2. The summed E-state index contributed by atoms with van der Waals surface area (Å²) in [4.78, 5) is 15.4. The maximum Gasteiger partial charge on any atom is 0.232 e. The normalized spacial score (nSPS) is 10.7. The van der Waals surface area contributed by atoms with Crippen LogP contribution in [0.5, 0.6) is 0 Å². The largest absolute Gasteiger partial charge is 0.341 e. The summed E-state index contributed by atoms with van der Waals surface area (Å²) in [7, 11) is 1.85. The van der Waals surface area contributed by atoms with E-state index in [9.17, 15) is 4.79 Å². The second-order valence-electron chi connectivity index (χ2n) is 6.25. The molecule has 0 saturated heterocycles. The molecular weight excluding hydrogens is 342 g/mol. The summed E-state index contributed by atoms with van der Waals surface area (Å²) in [5, 5.41) is 4.66. The Morgan fingerprint density at radius 1 is 1.04 bits per heavy atom. The van der Waals surface area contributed by atoms with Crippen molar-refractivity contribution in [3.05, 3.63) is 77.6 Å². The molecule has 4 nitrogen and oxygen atoms in total. The molecule has 0 saturated carbocycles. The van der Waals surface area contributed by atoms with E-state index in [1.165, 1.54) is 0 Å². The van der Waals surface area contributed by atoms with Gasteiger partial charge in [-0.1, -0.05) is 36.4 Å². The van der Waals surface area contributed by atoms with Crippen LogP contribution in [0.25, 0.3) is 5.69 Å². The van der Waals surface area contributed by atoms with E-state index in [-0.39, 0.29) is 5.91 Å². The molecule has 0 atom stereocenters. The zero-order chi connectivity index (χ0) is 18.5. The number of carbonyl (C=O) groups is 1. The van der Waals surface area contributed by atoms with Crippen LogP contribution in [0.1, 0.15) is 17.0 Å². The van der Waals surface area contributed by atoms with Crippen LogP contribution in [0.4, 0.5) is 0 Å².